The lowest BCUT2D eigenvalue weighted by atomic mass is 10.1. The molecule has 2 aromatic rings. The van der Waals surface area contributed by atoms with Crippen LogP contribution in [0.15, 0.2) is 53.4 Å². The highest BCUT2D eigenvalue weighted by molar-refractivity contribution is 8.00. The molecule has 0 saturated heterocycles. The van der Waals surface area contributed by atoms with E-state index in [2.05, 4.69) is 41.3 Å². The molecular formula is C17H19NOS. The molecule has 0 fully saturated rings. The van der Waals surface area contributed by atoms with Gasteiger partial charge in [0.15, 0.2) is 0 Å². The fourth-order valence-electron chi connectivity index (χ4n) is 2.39. The Labute approximate surface area is 124 Å². The molecule has 0 saturated carbocycles. The maximum atomic E-state index is 5.96. The summed E-state index contributed by atoms with van der Waals surface area (Å²) in [7, 11) is 4.09. The number of nitrogens with zero attached hydrogens (tertiary/aromatic N) is 1. The molecule has 3 rings (SSSR count). The van der Waals surface area contributed by atoms with Crippen molar-refractivity contribution in [3.63, 3.8) is 0 Å². The number of thioether (sulfide) groups is 1. The van der Waals surface area contributed by atoms with Gasteiger partial charge in [-0.25, -0.2) is 0 Å². The van der Waals surface area contributed by atoms with Crippen LogP contribution in [-0.4, -0.2) is 26.0 Å². The lowest BCUT2D eigenvalue weighted by Crippen LogP contribution is -2.14. The van der Waals surface area contributed by atoms with E-state index in [-0.39, 0.29) is 0 Å². The zero-order chi connectivity index (χ0) is 13.9. The standard InChI is InChI=1S/C17H19NOS/c1-18(2)14-7-5-8-15(11-14)19-12-16-10-13-6-3-4-9-17(13)20-16/h3-9,11,16H,10,12H2,1-2H3. The van der Waals surface area contributed by atoms with E-state index in [1.165, 1.54) is 16.1 Å². The summed E-state index contributed by atoms with van der Waals surface area (Å²) >= 11 is 1.93. The minimum absolute atomic E-state index is 0.524. The van der Waals surface area contributed by atoms with Crippen molar-refractivity contribution >= 4 is 17.4 Å². The number of hydrogen-bond donors (Lipinski definition) is 0. The fraction of sp³-hybridized carbons (Fsp3) is 0.294. The van der Waals surface area contributed by atoms with E-state index in [0.29, 0.717) is 5.25 Å². The Morgan fingerprint density at radius 3 is 2.80 bits per heavy atom. The molecule has 0 N–H and O–H groups in total. The van der Waals surface area contributed by atoms with E-state index < -0.39 is 0 Å². The van der Waals surface area contributed by atoms with Crippen molar-refractivity contribution in [2.75, 3.05) is 25.6 Å². The molecule has 104 valence electrons. The Morgan fingerprint density at radius 2 is 2.00 bits per heavy atom. The second-order valence-electron chi connectivity index (χ2n) is 5.25. The maximum Gasteiger partial charge on any atom is 0.121 e. The van der Waals surface area contributed by atoms with Crippen LogP contribution < -0.4 is 9.64 Å². The summed E-state index contributed by atoms with van der Waals surface area (Å²) in [5.41, 5.74) is 2.62. The van der Waals surface area contributed by atoms with Crippen LogP contribution in [0, 0.1) is 0 Å². The van der Waals surface area contributed by atoms with Gasteiger partial charge >= 0.3 is 0 Å². The van der Waals surface area contributed by atoms with Crippen molar-refractivity contribution in [1.82, 2.24) is 0 Å². The molecule has 0 spiro atoms. The van der Waals surface area contributed by atoms with Crippen molar-refractivity contribution in [3.05, 3.63) is 54.1 Å². The molecule has 0 bridgehead atoms. The first-order valence-electron chi connectivity index (χ1n) is 6.87. The minimum Gasteiger partial charge on any atom is -0.492 e. The van der Waals surface area contributed by atoms with Gasteiger partial charge in [0.2, 0.25) is 0 Å². The number of benzene rings is 2. The first-order valence-corrected chi connectivity index (χ1v) is 7.75. The van der Waals surface area contributed by atoms with E-state index in [9.17, 15) is 0 Å². The average Bonchev–Trinajstić information content (AvgIpc) is 2.88. The highest BCUT2D eigenvalue weighted by atomic mass is 32.2. The third kappa shape index (κ3) is 2.93. The molecule has 2 nitrogen and oxygen atoms in total. The summed E-state index contributed by atoms with van der Waals surface area (Å²) in [6.45, 7) is 0.760. The van der Waals surface area contributed by atoms with Crippen LogP contribution in [0.3, 0.4) is 0 Å². The van der Waals surface area contributed by atoms with Gasteiger partial charge in [0.1, 0.15) is 12.4 Å². The summed E-state index contributed by atoms with van der Waals surface area (Å²) in [6.07, 6.45) is 1.11. The zero-order valence-electron chi connectivity index (χ0n) is 11.9. The quantitative estimate of drug-likeness (QED) is 0.846. The van der Waals surface area contributed by atoms with Gasteiger partial charge in [-0.15, -0.1) is 11.8 Å². The molecule has 0 radical (unpaired) electrons. The van der Waals surface area contributed by atoms with E-state index in [1.807, 2.05) is 38.0 Å². The van der Waals surface area contributed by atoms with Gasteiger partial charge in [0, 0.05) is 36.0 Å². The van der Waals surface area contributed by atoms with Gasteiger partial charge in [-0.3, -0.25) is 0 Å². The predicted octanol–water partition coefficient (Wildman–Crippen LogP) is 3.85. The van der Waals surface area contributed by atoms with Crippen LogP contribution in [0.4, 0.5) is 5.69 Å². The van der Waals surface area contributed by atoms with Crippen LogP contribution >= 0.6 is 11.8 Å². The van der Waals surface area contributed by atoms with Crippen LogP contribution in [0.25, 0.3) is 0 Å². The Balaban J connectivity index is 1.60. The maximum absolute atomic E-state index is 5.96. The lowest BCUT2D eigenvalue weighted by Gasteiger charge is -2.15. The molecule has 1 unspecified atom stereocenters. The molecule has 1 atom stereocenters. The molecule has 1 heterocycles. The number of rotatable bonds is 4. The second-order valence-corrected chi connectivity index (χ2v) is 6.60. The third-order valence-electron chi connectivity index (χ3n) is 3.48. The van der Waals surface area contributed by atoms with Crippen LogP contribution in [-0.2, 0) is 6.42 Å². The fourth-order valence-corrected chi connectivity index (χ4v) is 3.61. The summed E-state index contributed by atoms with van der Waals surface area (Å²) in [5, 5.41) is 0.524. The monoisotopic (exact) mass is 285 g/mol. The average molecular weight is 285 g/mol. The highest BCUT2D eigenvalue weighted by Crippen LogP contribution is 2.37. The summed E-state index contributed by atoms with van der Waals surface area (Å²) < 4.78 is 5.96. The number of anilines is 1. The zero-order valence-corrected chi connectivity index (χ0v) is 12.7. The van der Waals surface area contributed by atoms with Crippen molar-refractivity contribution in [1.29, 1.82) is 0 Å². The normalized spacial score (nSPS) is 16.8. The first kappa shape index (κ1) is 13.4. The van der Waals surface area contributed by atoms with Gasteiger partial charge < -0.3 is 9.64 Å². The van der Waals surface area contributed by atoms with Gasteiger partial charge in [0.25, 0.3) is 0 Å². The summed E-state index contributed by atoms with van der Waals surface area (Å²) in [6, 6.07) is 16.9. The van der Waals surface area contributed by atoms with E-state index in [4.69, 9.17) is 4.74 Å². The van der Waals surface area contributed by atoms with Crippen LogP contribution in [0.1, 0.15) is 5.56 Å². The third-order valence-corrected chi connectivity index (χ3v) is 4.77. The largest absolute Gasteiger partial charge is 0.492 e. The first-order chi connectivity index (χ1) is 9.72. The highest BCUT2D eigenvalue weighted by Gasteiger charge is 2.22. The lowest BCUT2D eigenvalue weighted by molar-refractivity contribution is 0.317. The van der Waals surface area contributed by atoms with Gasteiger partial charge in [0.05, 0.1) is 0 Å². The summed E-state index contributed by atoms with van der Waals surface area (Å²) in [4.78, 5) is 3.50. The molecular weight excluding hydrogens is 266 g/mol. The predicted molar refractivity (Wildman–Crippen MR) is 86.1 cm³/mol. The molecule has 0 amide bonds. The Kier molecular flexibility index (Phi) is 3.88. The van der Waals surface area contributed by atoms with Crippen molar-refractivity contribution in [2.45, 2.75) is 16.6 Å². The second kappa shape index (κ2) is 5.80. The molecule has 2 aromatic carbocycles. The molecule has 3 heteroatoms. The Morgan fingerprint density at radius 1 is 1.15 bits per heavy atom. The van der Waals surface area contributed by atoms with E-state index in [0.717, 1.165) is 18.8 Å². The minimum atomic E-state index is 0.524. The smallest absolute Gasteiger partial charge is 0.121 e. The Bertz CT molecular complexity index is 572. The van der Waals surface area contributed by atoms with Crippen LogP contribution in [0.2, 0.25) is 0 Å². The van der Waals surface area contributed by atoms with Crippen molar-refractivity contribution in [2.24, 2.45) is 0 Å². The SMILES string of the molecule is CN(C)c1cccc(OCC2Cc3ccccc3S2)c1. The van der Waals surface area contributed by atoms with Gasteiger partial charge in [-0.2, -0.15) is 0 Å². The number of fused-ring (bicyclic) bond motifs is 1. The molecule has 20 heavy (non-hydrogen) atoms. The van der Waals surface area contributed by atoms with E-state index in [1.54, 1.807) is 0 Å². The van der Waals surface area contributed by atoms with Gasteiger partial charge in [-0.05, 0) is 30.2 Å². The molecule has 1 aliphatic heterocycles. The molecule has 1 aliphatic rings. The number of hydrogen-bond acceptors (Lipinski definition) is 3. The Hall–Kier alpha value is -1.61. The van der Waals surface area contributed by atoms with Gasteiger partial charge in [-0.1, -0.05) is 24.3 Å². The topological polar surface area (TPSA) is 12.5 Å². The summed E-state index contributed by atoms with van der Waals surface area (Å²) in [5.74, 6) is 0.952. The van der Waals surface area contributed by atoms with Crippen molar-refractivity contribution in [3.8, 4) is 5.75 Å². The molecule has 0 aliphatic carbocycles. The van der Waals surface area contributed by atoms with Crippen molar-refractivity contribution < 1.29 is 4.74 Å². The number of ether oxygens (including phenoxy) is 1. The van der Waals surface area contributed by atoms with E-state index >= 15 is 0 Å². The molecule has 0 aromatic heterocycles. The van der Waals surface area contributed by atoms with Crippen LogP contribution in [0.5, 0.6) is 5.75 Å².